The molecule has 1 aromatic rings. The van der Waals surface area contributed by atoms with Gasteiger partial charge in [0, 0.05) is 13.2 Å². The van der Waals surface area contributed by atoms with Gasteiger partial charge in [0.15, 0.2) is 0 Å². The van der Waals surface area contributed by atoms with E-state index in [0.29, 0.717) is 19.8 Å². The van der Waals surface area contributed by atoms with E-state index in [1.165, 1.54) is 0 Å². The Balaban J connectivity index is 2.43. The molecule has 0 aromatic heterocycles. The molecule has 0 aliphatic heterocycles. The molecular formula is C16H25NO3. The highest BCUT2D eigenvalue weighted by Gasteiger charge is 2.15. The Kier molecular flexibility index (Phi) is 6.68. The van der Waals surface area contributed by atoms with Crippen molar-refractivity contribution in [1.29, 1.82) is 0 Å². The minimum Gasteiger partial charge on any atom is -0.459 e. The van der Waals surface area contributed by atoms with E-state index in [-0.39, 0.29) is 12.5 Å². The first-order chi connectivity index (χ1) is 9.42. The lowest BCUT2D eigenvalue weighted by Gasteiger charge is -2.19. The molecule has 0 radical (unpaired) electrons. The Morgan fingerprint density at radius 2 is 1.85 bits per heavy atom. The maximum absolute atomic E-state index is 11.6. The van der Waals surface area contributed by atoms with Crippen LogP contribution in [-0.4, -0.2) is 24.7 Å². The van der Waals surface area contributed by atoms with Gasteiger partial charge in [0.2, 0.25) is 0 Å². The molecule has 4 heteroatoms. The number of benzene rings is 1. The van der Waals surface area contributed by atoms with E-state index in [0.717, 1.165) is 11.1 Å². The van der Waals surface area contributed by atoms with E-state index in [1.807, 2.05) is 52.0 Å². The van der Waals surface area contributed by atoms with Gasteiger partial charge < -0.3 is 14.8 Å². The second-order valence-corrected chi connectivity index (χ2v) is 5.60. The first kappa shape index (κ1) is 16.7. The minimum absolute atomic E-state index is 0.209. The van der Waals surface area contributed by atoms with Crippen LogP contribution in [0.5, 0.6) is 0 Å². The molecule has 0 unspecified atom stereocenters. The predicted octanol–water partition coefficient (Wildman–Crippen LogP) is 2.65. The molecule has 0 saturated heterocycles. The predicted molar refractivity (Wildman–Crippen MR) is 79.3 cm³/mol. The van der Waals surface area contributed by atoms with Gasteiger partial charge in [-0.3, -0.25) is 4.79 Å². The zero-order chi connectivity index (χ0) is 15.0. The zero-order valence-electron chi connectivity index (χ0n) is 12.9. The fraction of sp³-hybridized carbons (Fsp3) is 0.562. The quantitative estimate of drug-likeness (QED) is 0.780. The van der Waals surface area contributed by atoms with Gasteiger partial charge in [-0.25, -0.2) is 0 Å². The summed E-state index contributed by atoms with van der Waals surface area (Å²) in [6, 6.07) is 8.06. The highest BCUT2D eigenvalue weighted by Crippen LogP contribution is 2.10. The molecule has 1 rings (SSSR count). The van der Waals surface area contributed by atoms with Crippen molar-refractivity contribution in [1.82, 2.24) is 5.32 Å². The molecule has 0 atom stereocenters. The number of hydrogen-bond acceptors (Lipinski definition) is 4. The molecule has 0 amide bonds. The van der Waals surface area contributed by atoms with Crippen LogP contribution in [0.3, 0.4) is 0 Å². The number of nitrogens with one attached hydrogen (secondary N) is 1. The topological polar surface area (TPSA) is 47.6 Å². The number of carbonyl (C=O) groups is 1. The number of hydrogen-bond donors (Lipinski definition) is 1. The van der Waals surface area contributed by atoms with Crippen LogP contribution in [0.15, 0.2) is 24.3 Å². The van der Waals surface area contributed by atoms with Gasteiger partial charge >= 0.3 is 5.97 Å². The van der Waals surface area contributed by atoms with Crippen LogP contribution in [0.1, 0.15) is 38.8 Å². The Morgan fingerprint density at radius 1 is 1.20 bits per heavy atom. The average molecular weight is 279 g/mol. The highest BCUT2D eigenvalue weighted by molar-refractivity contribution is 5.72. The molecule has 0 bridgehead atoms. The maximum atomic E-state index is 11.6. The minimum atomic E-state index is -0.439. The zero-order valence-corrected chi connectivity index (χ0v) is 12.9. The standard InChI is InChI=1S/C16H25NO3/c1-5-19-12-14-9-7-6-8-13(14)10-17-11-15(18)20-16(2,3)4/h6-9,17H,5,10-12H2,1-4H3. The fourth-order valence-corrected chi connectivity index (χ4v) is 1.76. The molecule has 1 aromatic carbocycles. The van der Waals surface area contributed by atoms with E-state index in [9.17, 15) is 4.79 Å². The van der Waals surface area contributed by atoms with Crippen LogP contribution in [0.4, 0.5) is 0 Å². The van der Waals surface area contributed by atoms with Gasteiger partial charge in [-0.2, -0.15) is 0 Å². The Morgan fingerprint density at radius 3 is 2.45 bits per heavy atom. The third-order valence-electron chi connectivity index (χ3n) is 2.58. The Bertz CT molecular complexity index is 424. The van der Waals surface area contributed by atoms with Crippen LogP contribution >= 0.6 is 0 Å². The van der Waals surface area contributed by atoms with Crippen LogP contribution in [-0.2, 0) is 27.4 Å². The second kappa shape index (κ2) is 8.02. The van der Waals surface area contributed by atoms with Crippen molar-refractivity contribution >= 4 is 5.97 Å². The molecular weight excluding hydrogens is 254 g/mol. The molecule has 0 spiro atoms. The molecule has 20 heavy (non-hydrogen) atoms. The normalized spacial score (nSPS) is 11.4. The first-order valence-corrected chi connectivity index (χ1v) is 6.99. The summed E-state index contributed by atoms with van der Waals surface area (Å²) in [6.45, 7) is 9.69. The van der Waals surface area contributed by atoms with Crippen molar-refractivity contribution in [2.24, 2.45) is 0 Å². The van der Waals surface area contributed by atoms with Gasteiger partial charge in [0.1, 0.15) is 5.60 Å². The summed E-state index contributed by atoms with van der Waals surface area (Å²) in [5, 5.41) is 3.11. The summed E-state index contributed by atoms with van der Waals surface area (Å²) in [7, 11) is 0. The van der Waals surface area contributed by atoms with Crippen molar-refractivity contribution in [3.05, 3.63) is 35.4 Å². The summed E-state index contributed by atoms with van der Waals surface area (Å²) in [5.74, 6) is -0.236. The molecule has 0 heterocycles. The third-order valence-corrected chi connectivity index (χ3v) is 2.58. The molecule has 0 aliphatic carbocycles. The van der Waals surface area contributed by atoms with Gasteiger partial charge in [-0.05, 0) is 38.8 Å². The number of carbonyl (C=O) groups excluding carboxylic acids is 1. The van der Waals surface area contributed by atoms with Crippen LogP contribution < -0.4 is 5.32 Å². The smallest absolute Gasteiger partial charge is 0.320 e. The van der Waals surface area contributed by atoms with Gasteiger partial charge in [0.05, 0.1) is 13.2 Å². The Labute approximate surface area is 121 Å². The summed E-state index contributed by atoms with van der Waals surface area (Å²) in [5.41, 5.74) is 1.85. The molecule has 0 aliphatic rings. The summed E-state index contributed by atoms with van der Waals surface area (Å²) >= 11 is 0. The lowest BCUT2D eigenvalue weighted by molar-refractivity contribution is -0.153. The SMILES string of the molecule is CCOCc1ccccc1CNCC(=O)OC(C)(C)C. The Hall–Kier alpha value is -1.39. The molecule has 0 fully saturated rings. The van der Waals surface area contributed by atoms with E-state index in [4.69, 9.17) is 9.47 Å². The number of esters is 1. The monoisotopic (exact) mass is 279 g/mol. The molecule has 1 N–H and O–H groups in total. The lowest BCUT2D eigenvalue weighted by atomic mass is 10.1. The van der Waals surface area contributed by atoms with Crippen molar-refractivity contribution in [2.75, 3.05) is 13.2 Å². The number of ether oxygens (including phenoxy) is 2. The van der Waals surface area contributed by atoms with Crippen molar-refractivity contribution in [3.8, 4) is 0 Å². The summed E-state index contributed by atoms with van der Waals surface area (Å²) < 4.78 is 10.7. The lowest BCUT2D eigenvalue weighted by Crippen LogP contribution is -2.31. The van der Waals surface area contributed by atoms with E-state index in [2.05, 4.69) is 5.32 Å². The molecule has 0 saturated carbocycles. The van der Waals surface area contributed by atoms with Crippen molar-refractivity contribution < 1.29 is 14.3 Å². The largest absolute Gasteiger partial charge is 0.459 e. The summed E-state index contributed by atoms with van der Waals surface area (Å²) in [6.07, 6.45) is 0. The van der Waals surface area contributed by atoms with Crippen LogP contribution in [0.25, 0.3) is 0 Å². The highest BCUT2D eigenvalue weighted by atomic mass is 16.6. The summed E-state index contributed by atoms with van der Waals surface area (Å²) in [4.78, 5) is 11.6. The van der Waals surface area contributed by atoms with Crippen LogP contribution in [0.2, 0.25) is 0 Å². The second-order valence-electron chi connectivity index (χ2n) is 5.60. The average Bonchev–Trinajstić information content (AvgIpc) is 2.35. The number of rotatable bonds is 7. The van der Waals surface area contributed by atoms with Crippen molar-refractivity contribution in [3.63, 3.8) is 0 Å². The maximum Gasteiger partial charge on any atom is 0.320 e. The first-order valence-electron chi connectivity index (χ1n) is 6.99. The fourth-order valence-electron chi connectivity index (χ4n) is 1.76. The van der Waals surface area contributed by atoms with Gasteiger partial charge in [-0.15, -0.1) is 0 Å². The van der Waals surface area contributed by atoms with Gasteiger partial charge in [-0.1, -0.05) is 24.3 Å². The van der Waals surface area contributed by atoms with Crippen molar-refractivity contribution in [2.45, 2.75) is 46.4 Å². The third kappa shape index (κ3) is 6.68. The molecule has 4 nitrogen and oxygen atoms in total. The van der Waals surface area contributed by atoms with Gasteiger partial charge in [0.25, 0.3) is 0 Å². The molecule has 112 valence electrons. The van der Waals surface area contributed by atoms with E-state index >= 15 is 0 Å². The van der Waals surface area contributed by atoms with Crippen LogP contribution in [0, 0.1) is 0 Å². The van der Waals surface area contributed by atoms with E-state index in [1.54, 1.807) is 0 Å². The van der Waals surface area contributed by atoms with E-state index < -0.39 is 5.60 Å².